The average molecular weight is 252 g/mol. The van der Waals surface area contributed by atoms with Gasteiger partial charge in [-0.05, 0) is 32.0 Å². The number of nitrogens with one attached hydrogen (secondary N) is 1. The fraction of sp³-hybridized carbons (Fsp3) is 0.273. The molecule has 17 heavy (non-hydrogen) atoms. The van der Waals surface area contributed by atoms with Crippen molar-refractivity contribution in [3.8, 4) is 0 Å². The molecule has 0 aliphatic rings. The molecule has 1 aromatic carbocycles. The lowest BCUT2D eigenvalue weighted by Crippen LogP contribution is -2.15. The quantitative estimate of drug-likeness (QED) is 0.868. The average Bonchev–Trinajstić information content (AvgIpc) is 2.29. The summed E-state index contributed by atoms with van der Waals surface area (Å²) in [6.07, 6.45) is 1.29. The lowest BCUT2D eigenvalue weighted by molar-refractivity contribution is 0.587. The van der Waals surface area contributed by atoms with Crippen LogP contribution in [0.25, 0.3) is 10.9 Å². The molecule has 0 amide bonds. The molecule has 2 rings (SSSR count). The molecule has 1 aromatic heterocycles. The van der Waals surface area contributed by atoms with Gasteiger partial charge in [-0.2, -0.15) is 0 Å². The zero-order chi connectivity index (χ0) is 12.6. The first-order chi connectivity index (χ1) is 7.93. The van der Waals surface area contributed by atoms with E-state index in [2.05, 4.69) is 9.97 Å². The van der Waals surface area contributed by atoms with Gasteiger partial charge in [0, 0.05) is 0 Å². The summed E-state index contributed by atoms with van der Waals surface area (Å²) in [5, 5.41) is -0.232. The number of nitrogens with zero attached hydrogens (tertiary/aromatic N) is 1. The Bertz CT molecular complexity index is 717. The van der Waals surface area contributed by atoms with E-state index in [4.69, 9.17) is 0 Å². The van der Waals surface area contributed by atoms with E-state index in [0.717, 1.165) is 0 Å². The fourth-order valence-electron chi connectivity index (χ4n) is 1.50. The van der Waals surface area contributed by atoms with Gasteiger partial charge in [-0.3, -0.25) is 4.79 Å². The van der Waals surface area contributed by atoms with Crippen molar-refractivity contribution in [2.24, 2.45) is 0 Å². The lowest BCUT2D eigenvalue weighted by atomic mass is 10.2. The van der Waals surface area contributed by atoms with Gasteiger partial charge in [0.15, 0.2) is 9.84 Å². The summed E-state index contributed by atoms with van der Waals surface area (Å²) in [7, 11) is -3.37. The van der Waals surface area contributed by atoms with Gasteiger partial charge in [0.05, 0.1) is 27.4 Å². The lowest BCUT2D eigenvalue weighted by Gasteiger charge is -2.07. The molecule has 0 bridgehead atoms. The molecule has 2 aromatic rings. The zero-order valence-corrected chi connectivity index (χ0v) is 10.3. The van der Waals surface area contributed by atoms with Crippen molar-refractivity contribution in [1.29, 1.82) is 0 Å². The molecule has 5 nitrogen and oxygen atoms in total. The maximum atomic E-state index is 12.0. The van der Waals surface area contributed by atoms with Crippen LogP contribution < -0.4 is 5.56 Å². The minimum absolute atomic E-state index is 0.151. The van der Waals surface area contributed by atoms with E-state index in [1.165, 1.54) is 18.5 Å². The first-order valence-electron chi connectivity index (χ1n) is 5.14. The molecule has 90 valence electrons. The Morgan fingerprint density at radius 1 is 1.29 bits per heavy atom. The zero-order valence-electron chi connectivity index (χ0n) is 9.47. The van der Waals surface area contributed by atoms with Crippen LogP contribution in [0.15, 0.2) is 34.2 Å². The van der Waals surface area contributed by atoms with Crippen LogP contribution in [0.2, 0.25) is 0 Å². The van der Waals surface area contributed by atoms with E-state index in [1.807, 2.05) is 0 Å². The predicted octanol–water partition coefficient (Wildman–Crippen LogP) is 1.11. The summed E-state index contributed by atoms with van der Waals surface area (Å²) in [5.41, 5.74) is 0.146. The maximum absolute atomic E-state index is 12.0. The van der Waals surface area contributed by atoms with Crippen LogP contribution in [-0.4, -0.2) is 23.6 Å². The van der Waals surface area contributed by atoms with Crippen LogP contribution in [0.4, 0.5) is 0 Å². The Morgan fingerprint density at radius 2 is 2.00 bits per heavy atom. The van der Waals surface area contributed by atoms with Gasteiger partial charge >= 0.3 is 0 Å². The smallest absolute Gasteiger partial charge is 0.258 e. The fourth-order valence-corrected chi connectivity index (χ4v) is 2.58. The third-order valence-electron chi connectivity index (χ3n) is 2.56. The Kier molecular flexibility index (Phi) is 2.74. The van der Waals surface area contributed by atoms with Crippen molar-refractivity contribution >= 4 is 20.7 Å². The van der Waals surface area contributed by atoms with Crippen LogP contribution in [-0.2, 0) is 9.84 Å². The number of sulfone groups is 1. The van der Waals surface area contributed by atoms with Crippen molar-refractivity contribution in [1.82, 2.24) is 9.97 Å². The predicted molar refractivity (Wildman–Crippen MR) is 64.7 cm³/mol. The highest BCUT2D eigenvalue weighted by molar-refractivity contribution is 7.92. The molecule has 0 spiro atoms. The number of hydrogen-bond acceptors (Lipinski definition) is 4. The first kappa shape index (κ1) is 11.8. The van der Waals surface area contributed by atoms with Crippen LogP contribution in [0.5, 0.6) is 0 Å². The van der Waals surface area contributed by atoms with Crippen molar-refractivity contribution in [3.05, 3.63) is 34.9 Å². The van der Waals surface area contributed by atoms with Crippen molar-refractivity contribution in [3.63, 3.8) is 0 Å². The summed E-state index contributed by atoms with van der Waals surface area (Å²) >= 11 is 0. The summed E-state index contributed by atoms with van der Waals surface area (Å²) in [4.78, 5) is 18.1. The minimum Gasteiger partial charge on any atom is -0.313 e. The number of aromatic nitrogens is 2. The highest BCUT2D eigenvalue weighted by atomic mass is 32.2. The topological polar surface area (TPSA) is 79.9 Å². The molecule has 0 saturated carbocycles. The molecule has 0 atom stereocenters. The molecule has 0 fully saturated rings. The van der Waals surface area contributed by atoms with Gasteiger partial charge in [0.25, 0.3) is 5.56 Å². The van der Waals surface area contributed by atoms with Crippen molar-refractivity contribution in [2.75, 3.05) is 0 Å². The molecule has 0 radical (unpaired) electrons. The van der Waals surface area contributed by atoms with Crippen LogP contribution in [0.1, 0.15) is 13.8 Å². The molecule has 0 aliphatic heterocycles. The van der Waals surface area contributed by atoms with E-state index in [-0.39, 0.29) is 15.8 Å². The number of aromatic amines is 1. The Hall–Kier alpha value is -1.69. The summed E-state index contributed by atoms with van der Waals surface area (Å²) in [5.74, 6) is 0. The third-order valence-corrected chi connectivity index (χ3v) is 4.71. The molecule has 1 N–H and O–H groups in total. The van der Waals surface area contributed by atoms with Crippen molar-refractivity contribution in [2.45, 2.75) is 24.0 Å². The summed E-state index contributed by atoms with van der Waals surface area (Å²) in [6.45, 7) is 3.21. The van der Waals surface area contributed by atoms with Gasteiger partial charge in [0.2, 0.25) is 0 Å². The standard InChI is InChI=1S/C11H12N2O3S/c1-7(2)17(15,16)8-3-4-10-9(5-8)11(14)13-6-12-10/h3-7H,1-2H3,(H,12,13,14). The molecule has 0 unspecified atom stereocenters. The van der Waals surface area contributed by atoms with Gasteiger partial charge in [-0.25, -0.2) is 13.4 Å². The Balaban J connectivity index is 2.76. The number of fused-ring (bicyclic) bond motifs is 1. The first-order valence-corrected chi connectivity index (χ1v) is 6.69. The SMILES string of the molecule is CC(C)S(=O)(=O)c1ccc2nc[nH]c(=O)c2c1. The van der Waals surface area contributed by atoms with E-state index in [0.29, 0.717) is 5.52 Å². The molecular formula is C11H12N2O3S. The minimum atomic E-state index is -3.37. The summed E-state index contributed by atoms with van der Waals surface area (Å²) in [6, 6.07) is 4.39. The van der Waals surface area contributed by atoms with E-state index >= 15 is 0 Å². The normalized spacial score (nSPS) is 12.2. The molecule has 0 saturated heterocycles. The highest BCUT2D eigenvalue weighted by Gasteiger charge is 2.19. The third kappa shape index (κ3) is 1.95. The second-order valence-electron chi connectivity index (χ2n) is 4.00. The molecule has 6 heteroatoms. The summed E-state index contributed by atoms with van der Waals surface area (Å²) < 4.78 is 23.9. The molecule has 1 heterocycles. The second kappa shape index (κ2) is 3.96. The van der Waals surface area contributed by atoms with E-state index in [9.17, 15) is 13.2 Å². The number of hydrogen-bond donors (Lipinski definition) is 1. The monoisotopic (exact) mass is 252 g/mol. The van der Waals surface area contributed by atoms with Gasteiger partial charge in [0.1, 0.15) is 0 Å². The van der Waals surface area contributed by atoms with Crippen molar-refractivity contribution < 1.29 is 8.42 Å². The molecule has 0 aliphatic carbocycles. The van der Waals surface area contributed by atoms with Gasteiger partial charge < -0.3 is 4.98 Å². The second-order valence-corrected chi connectivity index (χ2v) is 6.51. The van der Waals surface area contributed by atoms with E-state index in [1.54, 1.807) is 19.9 Å². The number of rotatable bonds is 2. The maximum Gasteiger partial charge on any atom is 0.258 e. The Morgan fingerprint density at radius 3 is 2.65 bits per heavy atom. The Labute approximate surface area is 98.4 Å². The van der Waals surface area contributed by atoms with Gasteiger partial charge in [-0.1, -0.05) is 0 Å². The van der Waals surface area contributed by atoms with E-state index < -0.39 is 15.1 Å². The largest absolute Gasteiger partial charge is 0.313 e. The highest BCUT2D eigenvalue weighted by Crippen LogP contribution is 2.18. The number of benzene rings is 1. The number of H-pyrrole nitrogens is 1. The van der Waals surface area contributed by atoms with Gasteiger partial charge in [-0.15, -0.1) is 0 Å². The van der Waals surface area contributed by atoms with Crippen LogP contribution >= 0.6 is 0 Å². The van der Waals surface area contributed by atoms with Crippen LogP contribution in [0, 0.1) is 0 Å². The molecular weight excluding hydrogens is 240 g/mol. The van der Waals surface area contributed by atoms with Crippen LogP contribution in [0.3, 0.4) is 0 Å².